The van der Waals surface area contributed by atoms with Crippen molar-refractivity contribution in [2.45, 2.75) is 6.54 Å². The first-order valence-corrected chi connectivity index (χ1v) is 6.72. The van der Waals surface area contributed by atoms with Gasteiger partial charge in [0.1, 0.15) is 5.75 Å². The molecule has 0 saturated heterocycles. The topological polar surface area (TPSA) is 70.6 Å². The van der Waals surface area contributed by atoms with Gasteiger partial charge in [-0.25, -0.2) is 5.48 Å². The lowest BCUT2D eigenvalue weighted by atomic mass is 10.2. The van der Waals surface area contributed by atoms with Crippen molar-refractivity contribution < 1.29 is 14.7 Å². The predicted molar refractivity (Wildman–Crippen MR) is 79.7 cm³/mol. The molecule has 2 rings (SSSR count). The second-order valence-corrected chi connectivity index (χ2v) is 4.46. The Bertz CT molecular complexity index is 573. The molecule has 3 N–H and O–H groups in total. The molecular weight excluding hydrogens is 268 g/mol. The van der Waals surface area contributed by atoms with Crippen molar-refractivity contribution in [1.82, 2.24) is 10.8 Å². The van der Waals surface area contributed by atoms with Crippen LogP contribution < -0.4 is 10.8 Å². The lowest BCUT2D eigenvalue weighted by Gasteiger charge is -2.08. The highest BCUT2D eigenvalue weighted by molar-refractivity contribution is 5.96. The summed E-state index contributed by atoms with van der Waals surface area (Å²) in [6, 6.07) is 16.3. The van der Waals surface area contributed by atoms with Gasteiger partial charge in [0.25, 0.3) is 5.91 Å². The number of carbonyl (C=O) groups excluding carboxylic acids is 1. The number of carbonyl (C=O) groups is 1. The van der Waals surface area contributed by atoms with Crippen LogP contribution in [0.25, 0.3) is 0 Å². The van der Waals surface area contributed by atoms with Crippen LogP contribution in [0.3, 0.4) is 0 Å². The van der Waals surface area contributed by atoms with E-state index in [1.54, 1.807) is 12.1 Å². The number of nitrogens with one attached hydrogen (secondary N) is 2. The van der Waals surface area contributed by atoms with E-state index in [1.807, 2.05) is 30.3 Å². The third kappa shape index (κ3) is 4.91. The van der Waals surface area contributed by atoms with E-state index in [1.165, 1.54) is 17.7 Å². The molecule has 5 heteroatoms. The van der Waals surface area contributed by atoms with Gasteiger partial charge in [0.15, 0.2) is 0 Å². The Hall–Kier alpha value is -2.37. The van der Waals surface area contributed by atoms with Crippen LogP contribution in [0.4, 0.5) is 0 Å². The van der Waals surface area contributed by atoms with E-state index in [0.29, 0.717) is 13.2 Å². The lowest BCUT2D eigenvalue weighted by molar-refractivity contribution is 0.0321. The van der Waals surface area contributed by atoms with Gasteiger partial charge in [0.2, 0.25) is 0 Å². The standard InChI is InChI=1S/C16H18N2O3/c19-15-9-5-4-8-14(15)16(20)18-21-11-10-17-12-13-6-2-1-3-7-13/h1-9,17,19H,10-12H2,(H,18,20). The molecule has 0 unspecified atom stereocenters. The summed E-state index contributed by atoms with van der Waals surface area (Å²) in [6.45, 7) is 1.69. The zero-order chi connectivity index (χ0) is 14.9. The molecule has 0 spiro atoms. The van der Waals surface area contributed by atoms with Crippen molar-refractivity contribution in [1.29, 1.82) is 0 Å². The lowest BCUT2D eigenvalue weighted by Crippen LogP contribution is -2.28. The summed E-state index contributed by atoms with van der Waals surface area (Å²) in [7, 11) is 0. The summed E-state index contributed by atoms with van der Waals surface area (Å²) in [6.07, 6.45) is 0. The predicted octanol–water partition coefficient (Wildman–Crippen LogP) is 1.84. The average Bonchev–Trinajstić information content (AvgIpc) is 2.52. The Morgan fingerprint density at radius 3 is 2.52 bits per heavy atom. The Balaban J connectivity index is 1.62. The summed E-state index contributed by atoms with van der Waals surface area (Å²) in [5.74, 6) is -0.531. The van der Waals surface area contributed by atoms with Crippen LogP contribution in [-0.2, 0) is 11.4 Å². The first-order chi connectivity index (χ1) is 10.3. The molecule has 5 nitrogen and oxygen atoms in total. The summed E-state index contributed by atoms with van der Waals surface area (Å²) in [4.78, 5) is 16.8. The smallest absolute Gasteiger partial charge is 0.278 e. The molecule has 0 aromatic heterocycles. The molecule has 2 aromatic rings. The number of hydroxylamine groups is 1. The van der Waals surface area contributed by atoms with Crippen molar-refractivity contribution in [2.75, 3.05) is 13.2 Å². The monoisotopic (exact) mass is 286 g/mol. The molecule has 0 fully saturated rings. The number of rotatable bonds is 7. The number of hydrogen-bond acceptors (Lipinski definition) is 4. The van der Waals surface area contributed by atoms with E-state index < -0.39 is 5.91 Å². The van der Waals surface area contributed by atoms with Gasteiger partial charge in [0, 0.05) is 13.1 Å². The first-order valence-electron chi connectivity index (χ1n) is 6.72. The molecule has 0 radical (unpaired) electrons. The molecule has 0 bridgehead atoms. The van der Waals surface area contributed by atoms with Gasteiger partial charge in [-0.15, -0.1) is 0 Å². The van der Waals surface area contributed by atoms with E-state index in [9.17, 15) is 9.90 Å². The molecule has 2 aromatic carbocycles. The highest BCUT2D eigenvalue weighted by atomic mass is 16.6. The Labute approximate surface area is 123 Å². The minimum Gasteiger partial charge on any atom is -0.507 e. The zero-order valence-electron chi connectivity index (χ0n) is 11.6. The highest BCUT2D eigenvalue weighted by Crippen LogP contribution is 2.14. The van der Waals surface area contributed by atoms with Crippen LogP contribution in [0.5, 0.6) is 5.75 Å². The van der Waals surface area contributed by atoms with Gasteiger partial charge in [0.05, 0.1) is 12.2 Å². The summed E-state index contributed by atoms with van der Waals surface area (Å²) in [5.41, 5.74) is 3.68. The molecular formula is C16H18N2O3. The Morgan fingerprint density at radius 2 is 1.76 bits per heavy atom. The van der Waals surface area contributed by atoms with E-state index in [0.717, 1.165) is 6.54 Å². The van der Waals surface area contributed by atoms with Gasteiger partial charge in [-0.1, -0.05) is 42.5 Å². The Kier molecular flexibility index (Phi) is 5.75. The second kappa shape index (κ2) is 8.04. The largest absolute Gasteiger partial charge is 0.507 e. The van der Waals surface area contributed by atoms with Crippen LogP contribution in [-0.4, -0.2) is 24.2 Å². The molecule has 0 saturated carbocycles. The summed E-state index contributed by atoms with van der Waals surface area (Å²) >= 11 is 0. The van der Waals surface area contributed by atoms with Crippen molar-refractivity contribution in [3.8, 4) is 5.75 Å². The van der Waals surface area contributed by atoms with Crippen LogP contribution in [0.1, 0.15) is 15.9 Å². The van der Waals surface area contributed by atoms with Crippen LogP contribution in [0, 0.1) is 0 Å². The van der Waals surface area contributed by atoms with Crippen molar-refractivity contribution in [3.05, 3.63) is 65.7 Å². The number of para-hydroxylation sites is 1. The zero-order valence-corrected chi connectivity index (χ0v) is 11.6. The van der Waals surface area contributed by atoms with Gasteiger partial charge >= 0.3 is 0 Å². The summed E-state index contributed by atoms with van der Waals surface area (Å²) < 4.78 is 0. The first kappa shape index (κ1) is 15.0. The molecule has 0 heterocycles. The van der Waals surface area contributed by atoms with Gasteiger partial charge in [-0.05, 0) is 17.7 Å². The summed E-state index contributed by atoms with van der Waals surface area (Å²) in [5, 5.41) is 12.7. The fourth-order valence-corrected chi connectivity index (χ4v) is 1.79. The molecule has 0 atom stereocenters. The van der Waals surface area contributed by atoms with Gasteiger partial charge in [-0.2, -0.15) is 0 Å². The van der Waals surface area contributed by atoms with Crippen molar-refractivity contribution in [2.24, 2.45) is 0 Å². The number of phenols is 1. The number of benzene rings is 2. The minimum atomic E-state index is -0.462. The molecule has 21 heavy (non-hydrogen) atoms. The molecule has 1 amide bonds. The second-order valence-electron chi connectivity index (χ2n) is 4.46. The number of phenolic OH excluding ortho intramolecular Hbond substituents is 1. The fourth-order valence-electron chi connectivity index (χ4n) is 1.79. The van der Waals surface area contributed by atoms with E-state index in [2.05, 4.69) is 10.8 Å². The van der Waals surface area contributed by atoms with E-state index >= 15 is 0 Å². The molecule has 0 aliphatic heterocycles. The van der Waals surface area contributed by atoms with Crippen LogP contribution in [0.2, 0.25) is 0 Å². The van der Waals surface area contributed by atoms with Crippen molar-refractivity contribution >= 4 is 5.91 Å². The number of amides is 1. The molecule has 110 valence electrons. The van der Waals surface area contributed by atoms with Crippen LogP contribution >= 0.6 is 0 Å². The third-order valence-corrected chi connectivity index (χ3v) is 2.87. The van der Waals surface area contributed by atoms with Crippen molar-refractivity contribution in [3.63, 3.8) is 0 Å². The number of hydrogen-bond donors (Lipinski definition) is 3. The number of aromatic hydroxyl groups is 1. The maximum atomic E-state index is 11.7. The Morgan fingerprint density at radius 1 is 1.05 bits per heavy atom. The quantitative estimate of drug-likeness (QED) is 0.536. The average molecular weight is 286 g/mol. The highest BCUT2D eigenvalue weighted by Gasteiger charge is 2.09. The normalized spacial score (nSPS) is 10.3. The van der Waals surface area contributed by atoms with E-state index in [4.69, 9.17) is 4.84 Å². The van der Waals surface area contributed by atoms with Crippen LogP contribution in [0.15, 0.2) is 54.6 Å². The molecule has 0 aliphatic rings. The van der Waals surface area contributed by atoms with Gasteiger partial charge < -0.3 is 10.4 Å². The van der Waals surface area contributed by atoms with Gasteiger partial charge in [-0.3, -0.25) is 9.63 Å². The van der Waals surface area contributed by atoms with E-state index in [-0.39, 0.29) is 11.3 Å². The SMILES string of the molecule is O=C(NOCCNCc1ccccc1)c1ccccc1O. The third-order valence-electron chi connectivity index (χ3n) is 2.87. The molecule has 0 aliphatic carbocycles. The maximum Gasteiger partial charge on any atom is 0.278 e. The maximum absolute atomic E-state index is 11.7. The minimum absolute atomic E-state index is 0.0687. The fraction of sp³-hybridized carbons (Fsp3) is 0.188.